The Morgan fingerprint density at radius 2 is 2.36 bits per heavy atom. The second kappa shape index (κ2) is 2.97. The molecule has 2 fully saturated rings. The molecule has 3 atom stereocenters. The van der Waals surface area contributed by atoms with Gasteiger partial charge in [0.1, 0.15) is 6.10 Å². The predicted octanol–water partition coefficient (Wildman–Crippen LogP) is 1.03. The van der Waals surface area contributed by atoms with Crippen LogP contribution in [0.5, 0.6) is 0 Å². The van der Waals surface area contributed by atoms with E-state index in [1.807, 2.05) is 0 Å². The van der Waals surface area contributed by atoms with Crippen LogP contribution in [0.4, 0.5) is 0 Å². The van der Waals surface area contributed by atoms with Crippen LogP contribution in [-0.4, -0.2) is 23.6 Å². The molecule has 0 aromatic heterocycles. The number of fused-ring (bicyclic) bond motifs is 1. The first-order chi connectivity index (χ1) is 6.56. The number of rotatable bonds is 1. The number of carbonyl (C=O) groups is 2. The summed E-state index contributed by atoms with van der Waals surface area (Å²) in [6.07, 6.45) is 2.29. The van der Waals surface area contributed by atoms with E-state index in [0.29, 0.717) is 0 Å². The lowest BCUT2D eigenvalue weighted by Gasteiger charge is -2.29. The Labute approximate surface area is 82.6 Å². The van der Waals surface area contributed by atoms with Gasteiger partial charge in [-0.25, -0.2) is 0 Å². The zero-order valence-electron chi connectivity index (χ0n) is 8.41. The van der Waals surface area contributed by atoms with Crippen molar-refractivity contribution in [2.45, 2.75) is 44.8 Å². The maximum Gasteiger partial charge on any atom is 0.313 e. The van der Waals surface area contributed by atoms with Gasteiger partial charge in [0.15, 0.2) is 5.60 Å². The van der Waals surface area contributed by atoms with Crippen LogP contribution in [0.2, 0.25) is 0 Å². The summed E-state index contributed by atoms with van der Waals surface area (Å²) in [5.74, 6) is -0.892. The van der Waals surface area contributed by atoms with Crippen LogP contribution >= 0.6 is 0 Å². The summed E-state index contributed by atoms with van der Waals surface area (Å²) >= 11 is 0. The zero-order chi connectivity index (χ0) is 10.3. The van der Waals surface area contributed by atoms with Gasteiger partial charge in [0.2, 0.25) is 0 Å². The number of ether oxygens (including phenoxy) is 2. The minimum Gasteiger partial charge on any atom is -0.458 e. The molecule has 0 bridgehead atoms. The predicted molar refractivity (Wildman–Crippen MR) is 47.4 cm³/mol. The average Bonchev–Trinajstić information content (AvgIpc) is 2.55. The molecule has 2 aliphatic rings. The maximum absolute atomic E-state index is 11.4. The van der Waals surface area contributed by atoms with E-state index in [4.69, 9.17) is 9.47 Å². The minimum absolute atomic E-state index is 0.214. The van der Waals surface area contributed by atoms with E-state index in [2.05, 4.69) is 0 Å². The largest absolute Gasteiger partial charge is 0.458 e. The molecule has 0 N–H and O–H groups in total. The third kappa shape index (κ3) is 1.13. The summed E-state index contributed by atoms with van der Waals surface area (Å²) in [6.45, 7) is 3.15. The highest BCUT2D eigenvalue weighted by molar-refractivity contribution is 5.78. The van der Waals surface area contributed by atoms with E-state index in [-0.39, 0.29) is 24.0 Å². The number of esters is 2. The normalized spacial score (nSPS) is 40.6. The SMILES string of the molecule is CC(=O)OC12CCCC1OC(=O)C2C. The molecule has 14 heavy (non-hydrogen) atoms. The van der Waals surface area contributed by atoms with Crippen LogP contribution in [0.15, 0.2) is 0 Å². The van der Waals surface area contributed by atoms with Gasteiger partial charge in [-0.2, -0.15) is 0 Å². The van der Waals surface area contributed by atoms with Crippen LogP contribution in [0, 0.1) is 5.92 Å². The summed E-state index contributed by atoms with van der Waals surface area (Å²) in [5, 5.41) is 0. The average molecular weight is 198 g/mol. The number of hydrogen-bond acceptors (Lipinski definition) is 4. The van der Waals surface area contributed by atoms with E-state index >= 15 is 0 Å². The van der Waals surface area contributed by atoms with E-state index in [9.17, 15) is 9.59 Å². The smallest absolute Gasteiger partial charge is 0.313 e. The molecule has 1 aliphatic carbocycles. The number of carbonyl (C=O) groups excluding carboxylic acids is 2. The van der Waals surface area contributed by atoms with Crippen molar-refractivity contribution in [1.82, 2.24) is 0 Å². The zero-order valence-corrected chi connectivity index (χ0v) is 8.41. The molecule has 4 nitrogen and oxygen atoms in total. The second-order valence-corrected chi connectivity index (χ2v) is 4.09. The van der Waals surface area contributed by atoms with Gasteiger partial charge < -0.3 is 9.47 Å². The summed E-state index contributed by atoms with van der Waals surface area (Å²) in [5.41, 5.74) is -0.664. The molecule has 1 aliphatic heterocycles. The highest BCUT2D eigenvalue weighted by Gasteiger charge is 2.60. The topological polar surface area (TPSA) is 52.6 Å². The molecule has 0 amide bonds. The van der Waals surface area contributed by atoms with Crippen LogP contribution in [-0.2, 0) is 19.1 Å². The Balaban J connectivity index is 2.28. The van der Waals surface area contributed by atoms with Crippen LogP contribution in [0.1, 0.15) is 33.1 Å². The van der Waals surface area contributed by atoms with Crippen LogP contribution in [0.25, 0.3) is 0 Å². The Kier molecular flexibility index (Phi) is 2.01. The lowest BCUT2D eigenvalue weighted by atomic mass is 9.88. The van der Waals surface area contributed by atoms with Crippen molar-refractivity contribution < 1.29 is 19.1 Å². The van der Waals surface area contributed by atoms with Crippen molar-refractivity contribution in [3.8, 4) is 0 Å². The first kappa shape index (κ1) is 9.49. The molecular formula is C10H14O4. The fourth-order valence-electron chi connectivity index (χ4n) is 2.54. The monoisotopic (exact) mass is 198 g/mol. The molecule has 1 heterocycles. The second-order valence-electron chi connectivity index (χ2n) is 4.09. The quantitative estimate of drug-likeness (QED) is 0.590. The molecule has 1 saturated carbocycles. The fourth-order valence-corrected chi connectivity index (χ4v) is 2.54. The molecule has 78 valence electrons. The first-order valence-electron chi connectivity index (χ1n) is 4.96. The first-order valence-corrected chi connectivity index (χ1v) is 4.96. The summed E-state index contributed by atoms with van der Waals surface area (Å²) in [6, 6.07) is 0. The van der Waals surface area contributed by atoms with Gasteiger partial charge in [-0.1, -0.05) is 0 Å². The van der Waals surface area contributed by atoms with Crippen LogP contribution < -0.4 is 0 Å². The summed E-state index contributed by atoms with van der Waals surface area (Å²) < 4.78 is 10.5. The van der Waals surface area contributed by atoms with Crippen molar-refractivity contribution in [3.63, 3.8) is 0 Å². The standard InChI is InChI=1S/C10H14O4/c1-6-9(12)13-8-4-3-5-10(6,8)14-7(2)11/h6,8H,3-5H2,1-2H3. The lowest BCUT2D eigenvalue weighted by molar-refractivity contribution is -0.163. The molecule has 0 radical (unpaired) electrons. The van der Waals surface area contributed by atoms with E-state index in [0.717, 1.165) is 19.3 Å². The van der Waals surface area contributed by atoms with Gasteiger partial charge in [0.25, 0.3) is 0 Å². The van der Waals surface area contributed by atoms with E-state index in [1.54, 1.807) is 6.92 Å². The molecule has 0 spiro atoms. The van der Waals surface area contributed by atoms with Gasteiger partial charge in [0, 0.05) is 6.92 Å². The molecule has 1 saturated heterocycles. The Morgan fingerprint density at radius 1 is 1.64 bits per heavy atom. The van der Waals surface area contributed by atoms with Gasteiger partial charge >= 0.3 is 11.9 Å². The Hall–Kier alpha value is -1.06. The van der Waals surface area contributed by atoms with E-state index in [1.165, 1.54) is 6.92 Å². The molecule has 3 unspecified atom stereocenters. The highest BCUT2D eigenvalue weighted by atomic mass is 16.6. The molecule has 4 heteroatoms. The van der Waals surface area contributed by atoms with Crippen molar-refractivity contribution >= 4 is 11.9 Å². The van der Waals surface area contributed by atoms with Crippen molar-refractivity contribution in [2.24, 2.45) is 5.92 Å². The molecule has 2 rings (SSSR count). The Morgan fingerprint density at radius 3 is 3.00 bits per heavy atom. The molecule has 0 aromatic carbocycles. The van der Waals surface area contributed by atoms with Crippen LogP contribution in [0.3, 0.4) is 0 Å². The maximum atomic E-state index is 11.4. The molecule has 0 aromatic rings. The summed E-state index contributed by atoms with van der Waals surface area (Å²) in [7, 11) is 0. The highest BCUT2D eigenvalue weighted by Crippen LogP contribution is 2.46. The van der Waals surface area contributed by atoms with Crippen molar-refractivity contribution in [1.29, 1.82) is 0 Å². The van der Waals surface area contributed by atoms with Gasteiger partial charge in [-0.3, -0.25) is 9.59 Å². The summed E-state index contributed by atoms with van der Waals surface area (Å²) in [4.78, 5) is 22.4. The van der Waals surface area contributed by atoms with E-state index < -0.39 is 5.60 Å². The third-order valence-electron chi connectivity index (χ3n) is 3.26. The van der Waals surface area contributed by atoms with Gasteiger partial charge in [0.05, 0.1) is 5.92 Å². The van der Waals surface area contributed by atoms with Crippen molar-refractivity contribution in [2.75, 3.05) is 0 Å². The van der Waals surface area contributed by atoms with Gasteiger partial charge in [-0.15, -0.1) is 0 Å². The lowest BCUT2D eigenvalue weighted by Crippen LogP contribution is -2.43. The number of hydrogen-bond donors (Lipinski definition) is 0. The van der Waals surface area contributed by atoms with Crippen molar-refractivity contribution in [3.05, 3.63) is 0 Å². The fraction of sp³-hybridized carbons (Fsp3) is 0.800. The minimum atomic E-state index is -0.664. The van der Waals surface area contributed by atoms with Gasteiger partial charge in [-0.05, 0) is 26.2 Å². The third-order valence-corrected chi connectivity index (χ3v) is 3.26. The molecular weight excluding hydrogens is 184 g/mol. The Bertz CT molecular complexity index is 286.